The molecule has 1 aromatic rings. The molecule has 20 heavy (non-hydrogen) atoms. The first-order valence-corrected chi connectivity index (χ1v) is 6.57. The van der Waals surface area contributed by atoms with Crippen LogP contribution in [0.1, 0.15) is 31.2 Å². The third-order valence-corrected chi connectivity index (χ3v) is 3.17. The van der Waals surface area contributed by atoms with E-state index in [2.05, 4.69) is 10.3 Å². The predicted octanol–water partition coefficient (Wildman–Crippen LogP) is 2.74. The molecule has 0 aromatic heterocycles. The molecule has 2 rings (SSSR count). The lowest BCUT2D eigenvalue weighted by atomic mass is 10.0. The second-order valence-corrected chi connectivity index (χ2v) is 4.60. The van der Waals surface area contributed by atoms with E-state index in [4.69, 9.17) is 16.3 Å². The van der Waals surface area contributed by atoms with Gasteiger partial charge in [-0.3, -0.25) is 0 Å². The number of aliphatic carboxylic acids is 1. The van der Waals surface area contributed by atoms with Crippen LogP contribution in [0.5, 0.6) is 0 Å². The van der Waals surface area contributed by atoms with Crippen molar-refractivity contribution in [1.29, 1.82) is 0 Å². The van der Waals surface area contributed by atoms with E-state index in [1.54, 1.807) is 0 Å². The molecule has 0 amide bonds. The van der Waals surface area contributed by atoms with Crippen LogP contribution < -0.4 is 5.32 Å². The van der Waals surface area contributed by atoms with Gasteiger partial charge in [0, 0.05) is 17.7 Å². The maximum atomic E-state index is 11.2. The van der Waals surface area contributed by atoms with E-state index < -0.39 is 12.2 Å². The van der Waals surface area contributed by atoms with Crippen LogP contribution in [0, 0.1) is 0 Å². The third-order valence-electron chi connectivity index (χ3n) is 2.98. The van der Waals surface area contributed by atoms with Crippen LogP contribution >= 0.6 is 11.6 Å². The monoisotopic (exact) mass is 294 g/mol. The number of fused-ring (bicyclic) bond motifs is 1. The van der Waals surface area contributed by atoms with Crippen molar-refractivity contribution in [2.75, 3.05) is 6.61 Å². The summed E-state index contributed by atoms with van der Waals surface area (Å²) >= 11 is 6.02. The molecule has 0 saturated carbocycles. The highest BCUT2D eigenvalue weighted by Crippen LogP contribution is 2.31. The zero-order valence-electron chi connectivity index (χ0n) is 11.2. The number of carbonyl (C=O) groups is 1. The lowest BCUT2D eigenvalue weighted by molar-refractivity contribution is -0.132. The minimum absolute atomic E-state index is 0.107. The topological polar surface area (TPSA) is 70.9 Å². The summed E-state index contributed by atoms with van der Waals surface area (Å²) in [5, 5.41) is 12.1. The fourth-order valence-electron chi connectivity index (χ4n) is 2.00. The minimum Gasteiger partial charge on any atom is -0.478 e. The number of nitrogens with one attached hydrogen (secondary N) is 1. The summed E-state index contributed by atoms with van der Waals surface area (Å²) in [6.07, 6.45) is -0.546. The average molecular weight is 295 g/mol. The van der Waals surface area contributed by atoms with E-state index in [1.165, 1.54) is 6.92 Å². The first-order chi connectivity index (χ1) is 9.54. The van der Waals surface area contributed by atoms with Crippen molar-refractivity contribution in [3.05, 3.63) is 41.0 Å². The molecule has 1 atom stereocenters. The van der Waals surface area contributed by atoms with E-state index >= 15 is 0 Å². The highest BCUT2D eigenvalue weighted by molar-refractivity contribution is 6.65. The van der Waals surface area contributed by atoms with Crippen molar-refractivity contribution in [3.63, 3.8) is 0 Å². The second kappa shape index (κ2) is 6.07. The molecule has 0 radical (unpaired) electrons. The van der Waals surface area contributed by atoms with Gasteiger partial charge in [-0.15, -0.1) is 0 Å². The van der Waals surface area contributed by atoms with E-state index in [9.17, 15) is 9.90 Å². The van der Waals surface area contributed by atoms with E-state index in [1.807, 2.05) is 31.2 Å². The van der Waals surface area contributed by atoms with Crippen LogP contribution in [0.3, 0.4) is 0 Å². The SMILES string of the molecule is CCOC1N=C(Cl)N/C(=C(\C)C(=O)O)c2ccccc21. The zero-order chi connectivity index (χ0) is 14.7. The molecule has 0 bridgehead atoms. The van der Waals surface area contributed by atoms with Gasteiger partial charge in [-0.25, -0.2) is 9.79 Å². The molecule has 5 nitrogen and oxygen atoms in total. The van der Waals surface area contributed by atoms with Gasteiger partial charge >= 0.3 is 5.97 Å². The molecule has 1 aliphatic heterocycles. The zero-order valence-corrected chi connectivity index (χ0v) is 11.9. The molecule has 0 spiro atoms. The normalized spacial score (nSPS) is 20.4. The fourth-order valence-corrected chi connectivity index (χ4v) is 2.19. The lowest BCUT2D eigenvalue weighted by Crippen LogP contribution is -2.19. The molecule has 0 fully saturated rings. The summed E-state index contributed by atoms with van der Waals surface area (Å²) in [7, 11) is 0. The number of hydrogen-bond donors (Lipinski definition) is 2. The van der Waals surface area contributed by atoms with Crippen molar-refractivity contribution in [1.82, 2.24) is 5.32 Å². The van der Waals surface area contributed by atoms with Gasteiger partial charge in [0.05, 0.1) is 11.3 Å². The van der Waals surface area contributed by atoms with Crippen LogP contribution in [-0.4, -0.2) is 23.0 Å². The van der Waals surface area contributed by atoms with E-state index in [-0.39, 0.29) is 10.9 Å². The summed E-state index contributed by atoms with van der Waals surface area (Å²) in [6, 6.07) is 7.36. The maximum Gasteiger partial charge on any atom is 0.333 e. The molecule has 2 N–H and O–H groups in total. The molecule has 1 aliphatic rings. The Morgan fingerprint density at radius 2 is 2.20 bits per heavy atom. The number of halogens is 1. The van der Waals surface area contributed by atoms with Gasteiger partial charge in [0.1, 0.15) is 0 Å². The number of hydrogen-bond acceptors (Lipinski definition) is 4. The Morgan fingerprint density at radius 3 is 2.85 bits per heavy atom. The Labute approximate surface area is 121 Å². The number of nitrogens with zero attached hydrogens (tertiary/aromatic N) is 1. The number of carboxylic acid groups (broad SMARTS) is 1. The van der Waals surface area contributed by atoms with Crippen molar-refractivity contribution in [2.45, 2.75) is 20.1 Å². The quantitative estimate of drug-likeness (QED) is 0.664. The van der Waals surface area contributed by atoms with Crippen molar-refractivity contribution in [2.24, 2.45) is 4.99 Å². The number of ether oxygens (including phenoxy) is 1. The van der Waals surface area contributed by atoms with Gasteiger partial charge < -0.3 is 15.2 Å². The van der Waals surface area contributed by atoms with Gasteiger partial charge in [-0.05, 0) is 25.4 Å². The second-order valence-electron chi connectivity index (χ2n) is 4.25. The predicted molar refractivity (Wildman–Crippen MR) is 77.5 cm³/mol. The number of aliphatic imine (C=N–C) groups is 1. The van der Waals surface area contributed by atoms with E-state index in [0.29, 0.717) is 12.3 Å². The number of carboxylic acids is 1. The van der Waals surface area contributed by atoms with Gasteiger partial charge in [-0.1, -0.05) is 24.3 Å². The standard InChI is InChI=1S/C14H15ClN2O3/c1-3-20-12-10-7-5-4-6-9(10)11(8(2)13(18)19)16-14(15)17-12/h4-7,12H,3H2,1-2H3,(H,16,17)(H,18,19)/b11-8+. The van der Waals surface area contributed by atoms with Crippen molar-refractivity contribution < 1.29 is 14.6 Å². The smallest absolute Gasteiger partial charge is 0.333 e. The highest BCUT2D eigenvalue weighted by atomic mass is 35.5. The van der Waals surface area contributed by atoms with Crippen LogP contribution in [0.25, 0.3) is 5.70 Å². The Hall–Kier alpha value is -1.85. The summed E-state index contributed by atoms with van der Waals surface area (Å²) in [5.41, 5.74) is 2.12. The Bertz CT molecular complexity index is 596. The van der Waals surface area contributed by atoms with Crippen molar-refractivity contribution >= 4 is 28.6 Å². The summed E-state index contributed by atoms with van der Waals surface area (Å²) in [6.45, 7) is 3.86. The summed E-state index contributed by atoms with van der Waals surface area (Å²) in [5.74, 6) is -1.01. The van der Waals surface area contributed by atoms with Crippen LogP contribution in [0.15, 0.2) is 34.8 Å². The molecule has 6 heteroatoms. The van der Waals surface area contributed by atoms with Crippen LogP contribution in [-0.2, 0) is 9.53 Å². The first kappa shape index (κ1) is 14.6. The first-order valence-electron chi connectivity index (χ1n) is 6.20. The van der Waals surface area contributed by atoms with Gasteiger partial charge in [0.25, 0.3) is 0 Å². The molecule has 1 heterocycles. The fraction of sp³-hybridized carbons (Fsp3) is 0.286. The van der Waals surface area contributed by atoms with Crippen molar-refractivity contribution in [3.8, 4) is 0 Å². The summed E-state index contributed by atoms with van der Waals surface area (Å²) in [4.78, 5) is 15.4. The molecule has 106 valence electrons. The Morgan fingerprint density at radius 1 is 1.50 bits per heavy atom. The number of rotatable bonds is 3. The van der Waals surface area contributed by atoms with Gasteiger partial charge in [-0.2, -0.15) is 0 Å². The number of amidine groups is 1. The molecular weight excluding hydrogens is 280 g/mol. The van der Waals surface area contributed by atoms with Gasteiger partial charge in [0.15, 0.2) is 11.5 Å². The van der Waals surface area contributed by atoms with Crippen LogP contribution in [0.2, 0.25) is 0 Å². The molecule has 1 aromatic carbocycles. The largest absolute Gasteiger partial charge is 0.478 e. The molecular formula is C14H15ClN2O3. The third kappa shape index (κ3) is 2.84. The summed E-state index contributed by atoms with van der Waals surface area (Å²) < 4.78 is 5.57. The average Bonchev–Trinajstić information content (AvgIpc) is 2.56. The highest BCUT2D eigenvalue weighted by Gasteiger charge is 2.24. The molecule has 0 aliphatic carbocycles. The van der Waals surface area contributed by atoms with E-state index in [0.717, 1.165) is 11.1 Å². The number of benzene rings is 1. The van der Waals surface area contributed by atoms with Crippen LogP contribution in [0.4, 0.5) is 0 Å². The molecule has 0 saturated heterocycles. The minimum atomic E-state index is -1.01. The maximum absolute atomic E-state index is 11.2. The Kier molecular flexibility index (Phi) is 4.42. The lowest BCUT2D eigenvalue weighted by Gasteiger charge is -2.15. The Balaban J connectivity index is 2.64. The van der Waals surface area contributed by atoms with Gasteiger partial charge in [0.2, 0.25) is 0 Å². The molecule has 1 unspecified atom stereocenters.